The van der Waals surface area contributed by atoms with Crippen molar-refractivity contribution in [3.05, 3.63) is 53.4 Å². The van der Waals surface area contributed by atoms with Gasteiger partial charge in [0.2, 0.25) is 5.91 Å². The molecule has 1 atom stereocenters. The Labute approximate surface area is 146 Å². The summed E-state index contributed by atoms with van der Waals surface area (Å²) in [5.74, 6) is 0.474. The SMILES string of the molecule is O=C(Cc1cc(COCc2ccccc2)on1)NCC1COCCO1. The second-order valence-corrected chi connectivity index (χ2v) is 5.81. The first-order valence-electron chi connectivity index (χ1n) is 8.32. The van der Waals surface area contributed by atoms with Crippen LogP contribution in [-0.2, 0) is 38.6 Å². The minimum Gasteiger partial charge on any atom is -0.376 e. The van der Waals surface area contributed by atoms with Gasteiger partial charge in [-0.3, -0.25) is 4.79 Å². The maximum Gasteiger partial charge on any atom is 0.226 e. The van der Waals surface area contributed by atoms with Crippen molar-refractivity contribution in [2.75, 3.05) is 26.4 Å². The number of nitrogens with zero attached hydrogens (tertiary/aromatic N) is 1. The fraction of sp³-hybridized carbons (Fsp3) is 0.444. The molecule has 0 saturated carbocycles. The fourth-order valence-electron chi connectivity index (χ4n) is 2.46. The molecule has 1 aliphatic heterocycles. The molecule has 7 nitrogen and oxygen atoms in total. The third kappa shape index (κ3) is 5.97. The van der Waals surface area contributed by atoms with Crippen LogP contribution in [0.25, 0.3) is 0 Å². The van der Waals surface area contributed by atoms with Crippen LogP contribution in [0.1, 0.15) is 17.0 Å². The molecule has 1 aromatic carbocycles. The second kappa shape index (κ2) is 9.31. The first kappa shape index (κ1) is 17.6. The summed E-state index contributed by atoms with van der Waals surface area (Å²) >= 11 is 0. The summed E-state index contributed by atoms with van der Waals surface area (Å²) in [7, 11) is 0. The lowest BCUT2D eigenvalue weighted by Crippen LogP contribution is -2.40. The van der Waals surface area contributed by atoms with Crippen LogP contribution in [0, 0.1) is 0 Å². The highest BCUT2D eigenvalue weighted by Crippen LogP contribution is 2.08. The number of aromatic nitrogens is 1. The van der Waals surface area contributed by atoms with Gasteiger partial charge in [-0.05, 0) is 5.56 Å². The van der Waals surface area contributed by atoms with E-state index in [1.54, 1.807) is 6.07 Å². The van der Waals surface area contributed by atoms with E-state index in [4.69, 9.17) is 18.7 Å². The number of carbonyl (C=O) groups excluding carboxylic acids is 1. The van der Waals surface area contributed by atoms with Crippen molar-refractivity contribution < 1.29 is 23.5 Å². The Kier molecular flexibility index (Phi) is 6.55. The summed E-state index contributed by atoms with van der Waals surface area (Å²) in [4.78, 5) is 11.9. The Balaban J connectivity index is 1.36. The van der Waals surface area contributed by atoms with Gasteiger partial charge < -0.3 is 24.1 Å². The Bertz CT molecular complexity index is 652. The van der Waals surface area contributed by atoms with E-state index in [2.05, 4.69) is 10.5 Å². The number of hydrogen-bond acceptors (Lipinski definition) is 6. The molecule has 3 rings (SSSR count). The summed E-state index contributed by atoms with van der Waals surface area (Å²) < 4.78 is 21.5. The molecule has 1 N–H and O–H groups in total. The van der Waals surface area contributed by atoms with Gasteiger partial charge in [0.15, 0.2) is 5.76 Å². The standard InChI is InChI=1S/C18H22N2O5/c21-18(19-10-17-13-22-6-7-24-17)9-15-8-16(25-20-15)12-23-11-14-4-2-1-3-5-14/h1-5,8,17H,6-7,9-13H2,(H,19,21). The average molecular weight is 346 g/mol. The Hall–Kier alpha value is -2.22. The summed E-state index contributed by atoms with van der Waals surface area (Å²) in [5, 5.41) is 6.72. The Morgan fingerprint density at radius 2 is 2.12 bits per heavy atom. The quantitative estimate of drug-likeness (QED) is 0.779. The predicted octanol–water partition coefficient (Wildman–Crippen LogP) is 1.47. The fourth-order valence-corrected chi connectivity index (χ4v) is 2.46. The first-order chi connectivity index (χ1) is 12.3. The van der Waals surface area contributed by atoms with Crippen molar-refractivity contribution in [3.63, 3.8) is 0 Å². The number of amides is 1. The topological polar surface area (TPSA) is 82.8 Å². The summed E-state index contributed by atoms with van der Waals surface area (Å²) in [6.07, 6.45) is 0.0763. The van der Waals surface area contributed by atoms with E-state index in [1.807, 2.05) is 30.3 Å². The highest BCUT2D eigenvalue weighted by molar-refractivity contribution is 5.78. The molecular formula is C18H22N2O5. The third-order valence-corrected chi connectivity index (χ3v) is 3.72. The largest absolute Gasteiger partial charge is 0.376 e. The molecule has 2 heterocycles. The molecule has 1 unspecified atom stereocenters. The Morgan fingerprint density at radius 1 is 1.24 bits per heavy atom. The van der Waals surface area contributed by atoms with E-state index in [-0.39, 0.29) is 18.4 Å². The van der Waals surface area contributed by atoms with Crippen LogP contribution in [0.2, 0.25) is 0 Å². The van der Waals surface area contributed by atoms with Crippen LogP contribution in [0.5, 0.6) is 0 Å². The van der Waals surface area contributed by atoms with Crippen molar-refractivity contribution in [2.45, 2.75) is 25.7 Å². The number of benzene rings is 1. The van der Waals surface area contributed by atoms with Crippen LogP contribution in [0.4, 0.5) is 0 Å². The number of carbonyl (C=O) groups is 1. The molecule has 1 fully saturated rings. The van der Waals surface area contributed by atoms with Gasteiger partial charge in [-0.25, -0.2) is 0 Å². The van der Waals surface area contributed by atoms with Crippen molar-refractivity contribution in [1.29, 1.82) is 0 Å². The van der Waals surface area contributed by atoms with Gasteiger partial charge in [0, 0.05) is 12.6 Å². The van der Waals surface area contributed by atoms with Crippen LogP contribution in [-0.4, -0.2) is 43.5 Å². The van der Waals surface area contributed by atoms with Gasteiger partial charge in [0.25, 0.3) is 0 Å². The second-order valence-electron chi connectivity index (χ2n) is 5.81. The average Bonchev–Trinajstić information content (AvgIpc) is 3.09. The zero-order chi connectivity index (χ0) is 17.3. The lowest BCUT2D eigenvalue weighted by molar-refractivity contribution is -0.123. The van der Waals surface area contributed by atoms with E-state index in [0.29, 0.717) is 51.0 Å². The van der Waals surface area contributed by atoms with Crippen molar-refractivity contribution >= 4 is 5.91 Å². The molecule has 2 aromatic rings. The van der Waals surface area contributed by atoms with Gasteiger partial charge in [-0.15, -0.1) is 0 Å². The van der Waals surface area contributed by atoms with E-state index in [9.17, 15) is 4.79 Å². The minimum atomic E-state index is -0.126. The molecule has 1 saturated heterocycles. The van der Waals surface area contributed by atoms with E-state index >= 15 is 0 Å². The van der Waals surface area contributed by atoms with Crippen LogP contribution >= 0.6 is 0 Å². The summed E-state index contributed by atoms with van der Waals surface area (Å²) in [6.45, 7) is 2.93. The van der Waals surface area contributed by atoms with Gasteiger partial charge in [0.1, 0.15) is 6.61 Å². The highest BCUT2D eigenvalue weighted by Gasteiger charge is 2.16. The molecule has 1 aromatic heterocycles. The normalized spacial score (nSPS) is 17.4. The lowest BCUT2D eigenvalue weighted by atomic mass is 10.2. The summed E-state index contributed by atoms with van der Waals surface area (Å²) in [6, 6.07) is 11.6. The van der Waals surface area contributed by atoms with Crippen LogP contribution < -0.4 is 5.32 Å². The Morgan fingerprint density at radius 3 is 2.92 bits per heavy atom. The number of nitrogens with one attached hydrogen (secondary N) is 1. The number of hydrogen-bond donors (Lipinski definition) is 1. The van der Waals surface area contributed by atoms with Crippen molar-refractivity contribution in [1.82, 2.24) is 10.5 Å². The summed E-state index contributed by atoms with van der Waals surface area (Å²) in [5.41, 5.74) is 1.67. The smallest absolute Gasteiger partial charge is 0.226 e. The van der Waals surface area contributed by atoms with Crippen molar-refractivity contribution in [3.8, 4) is 0 Å². The van der Waals surface area contributed by atoms with E-state index < -0.39 is 0 Å². The molecule has 1 amide bonds. The maximum atomic E-state index is 11.9. The van der Waals surface area contributed by atoms with Gasteiger partial charge in [0.05, 0.1) is 44.6 Å². The number of ether oxygens (including phenoxy) is 3. The maximum absolute atomic E-state index is 11.9. The third-order valence-electron chi connectivity index (χ3n) is 3.72. The molecule has 7 heteroatoms. The molecular weight excluding hydrogens is 324 g/mol. The molecule has 134 valence electrons. The zero-order valence-corrected chi connectivity index (χ0v) is 14.0. The van der Waals surface area contributed by atoms with E-state index in [1.165, 1.54) is 0 Å². The molecule has 0 radical (unpaired) electrons. The number of rotatable bonds is 8. The molecule has 25 heavy (non-hydrogen) atoms. The van der Waals surface area contributed by atoms with Gasteiger partial charge >= 0.3 is 0 Å². The molecule has 0 bridgehead atoms. The molecule has 0 aliphatic carbocycles. The van der Waals surface area contributed by atoms with E-state index in [0.717, 1.165) is 5.56 Å². The lowest BCUT2D eigenvalue weighted by Gasteiger charge is -2.22. The van der Waals surface area contributed by atoms with Crippen LogP contribution in [0.3, 0.4) is 0 Å². The molecule has 1 aliphatic rings. The zero-order valence-electron chi connectivity index (χ0n) is 14.0. The van der Waals surface area contributed by atoms with Crippen molar-refractivity contribution in [2.24, 2.45) is 0 Å². The van der Waals surface area contributed by atoms with Crippen LogP contribution in [0.15, 0.2) is 40.9 Å². The first-order valence-corrected chi connectivity index (χ1v) is 8.32. The monoisotopic (exact) mass is 346 g/mol. The minimum absolute atomic E-state index is 0.0862. The highest BCUT2D eigenvalue weighted by atomic mass is 16.6. The van der Waals surface area contributed by atoms with Gasteiger partial charge in [-0.1, -0.05) is 35.5 Å². The van der Waals surface area contributed by atoms with Gasteiger partial charge in [-0.2, -0.15) is 0 Å². The predicted molar refractivity (Wildman–Crippen MR) is 88.7 cm³/mol. The molecule has 0 spiro atoms.